The molecule has 1 amide bonds. The Kier molecular flexibility index (Phi) is 7.66. The molecule has 3 aromatic rings. The van der Waals surface area contributed by atoms with Gasteiger partial charge in [-0.05, 0) is 68.0 Å². The summed E-state index contributed by atoms with van der Waals surface area (Å²) in [5, 5.41) is 0. The number of pyridine rings is 1. The summed E-state index contributed by atoms with van der Waals surface area (Å²) in [6.07, 6.45) is 10.7. The van der Waals surface area contributed by atoms with Crippen molar-refractivity contribution in [3.05, 3.63) is 72.1 Å². The molecule has 0 spiro atoms. The van der Waals surface area contributed by atoms with Crippen LogP contribution in [0.25, 0.3) is 11.1 Å². The predicted molar refractivity (Wildman–Crippen MR) is 129 cm³/mol. The van der Waals surface area contributed by atoms with Crippen molar-refractivity contribution < 1.29 is 9.53 Å². The summed E-state index contributed by atoms with van der Waals surface area (Å²) in [6.45, 7) is 5.48. The van der Waals surface area contributed by atoms with Crippen LogP contribution in [0.2, 0.25) is 0 Å². The Morgan fingerprint density at radius 1 is 1.09 bits per heavy atom. The van der Waals surface area contributed by atoms with E-state index in [1.165, 1.54) is 0 Å². The molecular formula is C27H32N4O2. The number of aromatic nitrogens is 3. The number of likely N-dealkylation sites (tertiary alicyclic amines) is 1. The van der Waals surface area contributed by atoms with Crippen LogP contribution in [0.5, 0.6) is 5.75 Å². The fourth-order valence-electron chi connectivity index (χ4n) is 4.45. The summed E-state index contributed by atoms with van der Waals surface area (Å²) in [5.41, 5.74) is 3.98. The summed E-state index contributed by atoms with van der Waals surface area (Å²) in [7, 11) is 0. The second-order valence-corrected chi connectivity index (χ2v) is 8.42. The first-order chi connectivity index (χ1) is 16.2. The van der Waals surface area contributed by atoms with Crippen LogP contribution in [-0.4, -0.2) is 38.9 Å². The highest BCUT2D eigenvalue weighted by Crippen LogP contribution is 2.36. The minimum atomic E-state index is -0.0456. The third-order valence-corrected chi connectivity index (χ3v) is 6.06. The van der Waals surface area contributed by atoms with E-state index in [0.29, 0.717) is 13.0 Å². The molecule has 1 fully saturated rings. The molecule has 1 aliphatic heterocycles. The molecule has 1 atom stereocenters. The van der Waals surface area contributed by atoms with E-state index in [1.807, 2.05) is 54.4 Å². The average molecular weight is 445 g/mol. The monoisotopic (exact) mass is 444 g/mol. The summed E-state index contributed by atoms with van der Waals surface area (Å²) in [6, 6.07) is 11.7. The molecule has 6 nitrogen and oxygen atoms in total. The molecule has 1 saturated heterocycles. The van der Waals surface area contributed by atoms with Gasteiger partial charge in [0.1, 0.15) is 11.6 Å². The number of amides is 1. The molecule has 0 unspecified atom stereocenters. The van der Waals surface area contributed by atoms with Crippen LogP contribution < -0.4 is 4.74 Å². The fraction of sp³-hybridized carbons (Fsp3) is 0.407. The van der Waals surface area contributed by atoms with E-state index in [1.54, 1.807) is 12.4 Å². The Morgan fingerprint density at radius 2 is 1.88 bits per heavy atom. The van der Waals surface area contributed by atoms with Gasteiger partial charge < -0.3 is 9.64 Å². The molecule has 4 rings (SSSR count). The normalized spacial score (nSPS) is 15.9. The maximum absolute atomic E-state index is 13.5. The van der Waals surface area contributed by atoms with E-state index in [4.69, 9.17) is 9.72 Å². The topological polar surface area (TPSA) is 68.2 Å². The quantitative estimate of drug-likeness (QED) is 0.478. The lowest BCUT2D eigenvalue weighted by molar-refractivity contribution is -0.134. The van der Waals surface area contributed by atoms with Gasteiger partial charge in [0.2, 0.25) is 5.91 Å². The van der Waals surface area contributed by atoms with E-state index in [0.717, 1.165) is 72.6 Å². The first kappa shape index (κ1) is 22.9. The third kappa shape index (κ3) is 5.56. The van der Waals surface area contributed by atoms with Crippen LogP contribution in [0.15, 0.2) is 55.0 Å². The van der Waals surface area contributed by atoms with Gasteiger partial charge in [-0.15, -0.1) is 0 Å². The van der Waals surface area contributed by atoms with Gasteiger partial charge in [-0.3, -0.25) is 9.78 Å². The fourth-order valence-corrected chi connectivity index (χ4v) is 4.45. The molecule has 0 saturated carbocycles. The predicted octanol–water partition coefficient (Wildman–Crippen LogP) is 5.19. The lowest BCUT2D eigenvalue weighted by Gasteiger charge is -2.36. The number of rotatable bonds is 8. The van der Waals surface area contributed by atoms with Crippen molar-refractivity contribution in [1.82, 2.24) is 19.9 Å². The molecule has 0 aliphatic carbocycles. The largest absolute Gasteiger partial charge is 0.494 e. The zero-order chi connectivity index (χ0) is 23.0. The molecule has 33 heavy (non-hydrogen) atoms. The zero-order valence-electron chi connectivity index (χ0n) is 19.5. The average Bonchev–Trinajstić information content (AvgIpc) is 2.86. The number of benzene rings is 1. The van der Waals surface area contributed by atoms with Crippen LogP contribution >= 0.6 is 0 Å². The summed E-state index contributed by atoms with van der Waals surface area (Å²) < 4.78 is 5.53. The van der Waals surface area contributed by atoms with Gasteiger partial charge in [0.15, 0.2) is 0 Å². The molecule has 0 bridgehead atoms. The highest BCUT2D eigenvalue weighted by atomic mass is 16.5. The standard InChI is InChI=1S/C27H32N4O2/c1-3-7-25-29-19-23(21-13-15-28-16-14-21)27(30-25)24-8-5-6-17-31(24)26(32)18-20-9-11-22(12-10-20)33-4-2/h9-16,19,24H,3-8,17-18H2,1-2H3/t24-/m0/s1. The Labute approximate surface area is 196 Å². The second-order valence-electron chi connectivity index (χ2n) is 8.42. The minimum Gasteiger partial charge on any atom is -0.494 e. The molecule has 3 heterocycles. The van der Waals surface area contributed by atoms with E-state index in [9.17, 15) is 4.79 Å². The van der Waals surface area contributed by atoms with E-state index < -0.39 is 0 Å². The molecule has 0 N–H and O–H groups in total. The SMILES string of the molecule is CCCc1ncc(-c2ccncc2)c([C@@H]2CCCCN2C(=O)Cc2ccc(OCC)cc2)n1. The van der Waals surface area contributed by atoms with E-state index >= 15 is 0 Å². The van der Waals surface area contributed by atoms with E-state index in [2.05, 4.69) is 16.9 Å². The smallest absolute Gasteiger partial charge is 0.227 e. The lowest BCUT2D eigenvalue weighted by Crippen LogP contribution is -2.40. The highest BCUT2D eigenvalue weighted by Gasteiger charge is 2.31. The number of aryl methyl sites for hydroxylation is 1. The van der Waals surface area contributed by atoms with Crippen molar-refractivity contribution in [1.29, 1.82) is 0 Å². The van der Waals surface area contributed by atoms with Crippen LogP contribution in [0.4, 0.5) is 0 Å². The number of hydrogen-bond donors (Lipinski definition) is 0. The van der Waals surface area contributed by atoms with Crippen LogP contribution in [0, 0.1) is 0 Å². The number of piperidine rings is 1. The summed E-state index contributed by atoms with van der Waals surface area (Å²) in [5.74, 6) is 1.81. The van der Waals surface area contributed by atoms with Crippen LogP contribution in [-0.2, 0) is 17.6 Å². The Balaban J connectivity index is 1.63. The molecule has 1 aromatic carbocycles. The van der Waals surface area contributed by atoms with Gasteiger partial charge in [0.25, 0.3) is 0 Å². The van der Waals surface area contributed by atoms with Gasteiger partial charge in [0.05, 0.1) is 24.8 Å². The molecule has 172 valence electrons. The Morgan fingerprint density at radius 3 is 2.61 bits per heavy atom. The van der Waals surface area contributed by atoms with Gasteiger partial charge in [-0.2, -0.15) is 0 Å². The van der Waals surface area contributed by atoms with Gasteiger partial charge in [-0.25, -0.2) is 9.97 Å². The minimum absolute atomic E-state index is 0.0456. The molecule has 2 aromatic heterocycles. The lowest BCUT2D eigenvalue weighted by atomic mass is 9.93. The molecule has 6 heteroatoms. The van der Waals surface area contributed by atoms with Gasteiger partial charge in [-0.1, -0.05) is 19.1 Å². The molecule has 1 aliphatic rings. The highest BCUT2D eigenvalue weighted by molar-refractivity contribution is 5.80. The number of ether oxygens (including phenoxy) is 1. The van der Waals surface area contributed by atoms with Crippen molar-refractivity contribution >= 4 is 5.91 Å². The van der Waals surface area contributed by atoms with Crippen molar-refractivity contribution in [2.24, 2.45) is 0 Å². The second kappa shape index (κ2) is 11.0. The number of carbonyl (C=O) groups excluding carboxylic acids is 1. The summed E-state index contributed by atoms with van der Waals surface area (Å²) >= 11 is 0. The van der Waals surface area contributed by atoms with Crippen molar-refractivity contribution in [3.8, 4) is 16.9 Å². The van der Waals surface area contributed by atoms with Crippen LogP contribution in [0.3, 0.4) is 0 Å². The first-order valence-corrected chi connectivity index (χ1v) is 12.0. The maximum atomic E-state index is 13.5. The van der Waals surface area contributed by atoms with Gasteiger partial charge >= 0.3 is 0 Å². The zero-order valence-corrected chi connectivity index (χ0v) is 19.5. The summed E-state index contributed by atoms with van der Waals surface area (Å²) in [4.78, 5) is 29.3. The first-order valence-electron chi connectivity index (χ1n) is 12.0. The van der Waals surface area contributed by atoms with Gasteiger partial charge in [0, 0.05) is 37.1 Å². The number of hydrogen-bond acceptors (Lipinski definition) is 5. The number of nitrogens with zero attached hydrogens (tertiary/aromatic N) is 4. The molecular weight excluding hydrogens is 412 g/mol. The van der Waals surface area contributed by atoms with Crippen molar-refractivity contribution in [3.63, 3.8) is 0 Å². The van der Waals surface area contributed by atoms with Crippen molar-refractivity contribution in [2.45, 2.75) is 58.4 Å². The van der Waals surface area contributed by atoms with Crippen LogP contribution in [0.1, 0.15) is 62.7 Å². The maximum Gasteiger partial charge on any atom is 0.227 e. The Hall–Kier alpha value is -3.28. The van der Waals surface area contributed by atoms with E-state index in [-0.39, 0.29) is 11.9 Å². The number of carbonyl (C=O) groups is 1. The molecule has 0 radical (unpaired) electrons. The van der Waals surface area contributed by atoms with Crippen molar-refractivity contribution in [2.75, 3.05) is 13.2 Å². The third-order valence-electron chi connectivity index (χ3n) is 6.06. The Bertz CT molecular complexity index is 1050.